The molecule has 0 saturated carbocycles. The molecule has 0 bridgehead atoms. The molecule has 1 radical (unpaired) electrons. The number of likely N-dealkylation sites (N-methyl/N-ethyl adjacent to an activating group) is 1. The summed E-state index contributed by atoms with van der Waals surface area (Å²) in [4.78, 5) is 9.19. The largest absolute Gasteiger partial charge is 0.688 e. The summed E-state index contributed by atoms with van der Waals surface area (Å²) in [5.74, 6) is 0. The zero-order valence-corrected chi connectivity index (χ0v) is 9.57. The molecule has 0 N–H and O–H groups in total. The van der Waals surface area contributed by atoms with Crippen LogP contribution in [0.5, 0.6) is 0 Å². The van der Waals surface area contributed by atoms with Crippen LogP contribution in [0.3, 0.4) is 0 Å². The minimum atomic E-state index is 0. The molecular weight excluding hydrogens is 355 g/mol. The van der Waals surface area contributed by atoms with Crippen LogP contribution in [0.25, 0.3) is 5.32 Å². The molecule has 7 heavy (non-hydrogen) atoms. The molecule has 0 heterocycles. The van der Waals surface area contributed by atoms with Crippen LogP contribution in [-0.4, -0.2) is 19.9 Å². The van der Waals surface area contributed by atoms with Crippen LogP contribution in [0, 0.1) is 31.1 Å². The van der Waals surface area contributed by atoms with Gasteiger partial charge in [-0.1, -0.05) is 0 Å². The quantitative estimate of drug-likeness (QED) is 0.643. The normalized spacial score (nSPS) is 5.29. The van der Waals surface area contributed by atoms with Gasteiger partial charge in [0.25, 0.3) is 0 Å². The van der Waals surface area contributed by atoms with Crippen molar-refractivity contribution in [3.8, 4) is 0 Å². The van der Waals surface area contributed by atoms with Gasteiger partial charge in [0.15, 0.2) is 0 Å². The average molecular weight is 360 g/mol. The van der Waals surface area contributed by atoms with E-state index >= 15 is 0 Å². The van der Waals surface area contributed by atoms with Crippen molar-refractivity contribution < 1.29 is 54.5 Å². The fourth-order valence-electron chi connectivity index (χ4n) is 0.0645. The first kappa shape index (κ1) is 15.7. The van der Waals surface area contributed by atoms with Crippen LogP contribution < -0.4 is 0 Å². The molecule has 0 aromatic carbocycles. The Labute approximate surface area is 79.1 Å². The van der Waals surface area contributed by atoms with Crippen molar-refractivity contribution >= 4 is 6.29 Å². The summed E-state index contributed by atoms with van der Waals surface area (Å²) in [6, 6.07) is 0. The molecule has 39 valence electrons. The molecule has 4 heteroatoms. The Hall–Kier alpha value is 1.27. The summed E-state index contributed by atoms with van der Waals surface area (Å²) in [7, 11) is 1.57. The minimum absolute atomic E-state index is 0. The van der Waals surface area contributed by atoms with E-state index in [0.29, 0.717) is 0 Å². The first-order chi connectivity index (χ1) is 2.41. The number of hydrogen-bond donors (Lipinski definition) is 0. The third-order valence-electron chi connectivity index (χ3n) is 0.223. The number of rotatable bonds is 2. The summed E-state index contributed by atoms with van der Waals surface area (Å²) in [5.41, 5.74) is 0. The number of hydrogen-bond acceptors (Lipinski definition) is 1. The molecule has 2 nitrogen and oxygen atoms in total. The van der Waals surface area contributed by atoms with Gasteiger partial charge >= 0.3 is 0 Å². The van der Waals surface area contributed by atoms with E-state index in [9.17, 15) is 4.79 Å². The summed E-state index contributed by atoms with van der Waals surface area (Å²) in [5, 5.41) is 3.43. The van der Waals surface area contributed by atoms with Gasteiger partial charge in [-0.25, -0.2) is 0 Å². The van der Waals surface area contributed by atoms with Crippen LogP contribution in [0.4, 0.5) is 0 Å². The van der Waals surface area contributed by atoms with Crippen molar-refractivity contribution in [1.82, 2.24) is 0 Å². The fraction of sp³-hybridized carbons (Fsp3) is 0.667. The fourth-order valence-corrected chi connectivity index (χ4v) is 0.0645. The first-order valence-electron chi connectivity index (χ1n) is 1.32. The Morgan fingerprint density at radius 2 is 2.14 bits per heavy atom. The standard InChI is InChI=1S/C3H5NO.U.V/c1-4-2-3-5;;/h2H2,1H3;;/q-2;;. The van der Waals surface area contributed by atoms with Crippen molar-refractivity contribution in [2.24, 2.45) is 0 Å². The van der Waals surface area contributed by atoms with Crippen molar-refractivity contribution in [3.63, 3.8) is 0 Å². The molecule has 0 fully saturated rings. The van der Waals surface area contributed by atoms with Crippen LogP contribution in [0.2, 0.25) is 0 Å². The Bertz CT molecular complexity index is 36.1. The van der Waals surface area contributed by atoms with Gasteiger partial charge in [0.05, 0.1) is 0 Å². The SMILES string of the molecule is C[N-]C[C-]=O.[U].[V]. The molecule has 0 unspecified atom stereocenters. The molecule has 0 aliphatic carbocycles. The van der Waals surface area contributed by atoms with E-state index in [4.69, 9.17) is 0 Å². The average Bonchev–Trinajstić information content (AvgIpc) is 1.41. The van der Waals surface area contributed by atoms with E-state index in [0.717, 1.165) is 0 Å². The molecule has 0 atom stereocenters. The second-order valence-electron chi connectivity index (χ2n) is 0.619. The Balaban J connectivity index is -0.0000000800. The topological polar surface area (TPSA) is 31.2 Å². The van der Waals surface area contributed by atoms with E-state index in [2.05, 4.69) is 5.32 Å². The molecule has 0 aliphatic heterocycles. The molecule has 0 spiro atoms. The zero-order chi connectivity index (χ0) is 4.12. The second-order valence-corrected chi connectivity index (χ2v) is 0.619. The van der Waals surface area contributed by atoms with Crippen molar-refractivity contribution in [2.75, 3.05) is 13.6 Å². The maximum atomic E-state index is 9.19. The van der Waals surface area contributed by atoms with E-state index in [-0.39, 0.29) is 56.2 Å². The Morgan fingerprint density at radius 1 is 1.71 bits per heavy atom. The molecule has 0 aromatic rings. The van der Waals surface area contributed by atoms with Crippen molar-refractivity contribution in [3.05, 3.63) is 5.32 Å². The predicted molar refractivity (Wildman–Crippen MR) is 19.8 cm³/mol. The smallest absolute Gasteiger partial charge is 0 e. The van der Waals surface area contributed by atoms with Gasteiger partial charge in [-0.15, -0.1) is 0 Å². The van der Waals surface area contributed by atoms with Crippen LogP contribution in [0.15, 0.2) is 0 Å². The molecule has 0 saturated heterocycles. The van der Waals surface area contributed by atoms with Gasteiger partial charge in [-0.2, -0.15) is 7.05 Å². The third kappa shape index (κ3) is 18.9. The summed E-state index contributed by atoms with van der Waals surface area (Å²) in [6.45, 7) is 0.208. The van der Waals surface area contributed by atoms with Crippen LogP contribution >= 0.6 is 0 Å². The molecule has 0 aliphatic rings. The molecule has 0 amide bonds. The van der Waals surface area contributed by atoms with Crippen molar-refractivity contribution in [1.29, 1.82) is 0 Å². The van der Waals surface area contributed by atoms with E-state index in [1.165, 1.54) is 0 Å². The maximum absolute atomic E-state index is 9.19. The van der Waals surface area contributed by atoms with Crippen LogP contribution in [0.1, 0.15) is 0 Å². The minimum Gasteiger partial charge on any atom is -0.688 e. The van der Waals surface area contributed by atoms with Gasteiger partial charge in [0.2, 0.25) is 0 Å². The van der Waals surface area contributed by atoms with E-state index in [1.807, 2.05) is 0 Å². The summed E-state index contributed by atoms with van der Waals surface area (Å²) in [6.07, 6.45) is 1.60. The van der Waals surface area contributed by atoms with Gasteiger partial charge in [-0.05, 0) is 0 Å². The second kappa shape index (κ2) is 15.7. The van der Waals surface area contributed by atoms with Gasteiger partial charge in [0.1, 0.15) is 0 Å². The Kier molecular flexibility index (Phi) is 35.2. The monoisotopic (exact) mass is 360 g/mol. The van der Waals surface area contributed by atoms with Gasteiger partial charge in [0, 0.05) is 49.7 Å². The van der Waals surface area contributed by atoms with Gasteiger partial charge in [-0.3, -0.25) is 12.8 Å². The summed E-state index contributed by atoms with van der Waals surface area (Å²) >= 11 is 0. The maximum Gasteiger partial charge on any atom is 0 e. The van der Waals surface area contributed by atoms with Crippen molar-refractivity contribution in [2.45, 2.75) is 0 Å². The summed E-state index contributed by atoms with van der Waals surface area (Å²) < 4.78 is 0. The van der Waals surface area contributed by atoms with E-state index < -0.39 is 0 Å². The predicted octanol–water partition coefficient (Wildman–Crippen LogP) is 0.0971. The zero-order valence-electron chi connectivity index (χ0n) is 4.01. The molecule has 0 aromatic heterocycles. The Morgan fingerprint density at radius 3 is 2.14 bits per heavy atom. The molecular formula is C3H5NOUV-2. The third-order valence-corrected chi connectivity index (χ3v) is 0.223. The number of nitrogens with zero attached hydrogens (tertiary/aromatic N) is 1. The number of carbonyl (C=O) groups excluding carboxylic acids is 1. The van der Waals surface area contributed by atoms with E-state index in [1.54, 1.807) is 13.3 Å². The molecule has 0 rings (SSSR count). The first-order valence-corrected chi connectivity index (χ1v) is 1.32. The van der Waals surface area contributed by atoms with Crippen LogP contribution in [-0.2, 0) is 23.4 Å². The van der Waals surface area contributed by atoms with Gasteiger partial charge < -0.3 is 10.1 Å².